The Morgan fingerprint density at radius 3 is 2.44 bits per heavy atom. The van der Waals surface area contributed by atoms with Crippen LogP contribution in [0.3, 0.4) is 0 Å². The van der Waals surface area contributed by atoms with Gasteiger partial charge in [0.05, 0.1) is 0 Å². The third-order valence-corrected chi connectivity index (χ3v) is 4.32. The first-order chi connectivity index (χ1) is 12.0. The molecule has 1 aliphatic heterocycles. The summed E-state index contributed by atoms with van der Waals surface area (Å²) in [6.07, 6.45) is 4.58. The van der Waals surface area contributed by atoms with Crippen LogP contribution in [0.4, 0.5) is 0 Å². The van der Waals surface area contributed by atoms with Gasteiger partial charge in [-0.1, -0.05) is 19.8 Å². The van der Waals surface area contributed by atoms with E-state index in [9.17, 15) is 14.4 Å². The first kappa shape index (κ1) is 18.9. The van der Waals surface area contributed by atoms with E-state index in [1.54, 1.807) is 15.9 Å². The molecule has 1 aromatic rings. The summed E-state index contributed by atoms with van der Waals surface area (Å²) in [5, 5.41) is 2.83. The fraction of sp³-hybridized carbons (Fsp3) is 0.556. The number of nitrogens with one attached hydrogen (secondary N) is 1. The Morgan fingerprint density at radius 2 is 1.80 bits per heavy atom. The Bertz CT molecular complexity index is 625. The van der Waals surface area contributed by atoms with E-state index < -0.39 is 0 Å². The molecule has 136 valence electrons. The van der Waals surface area contributed by atoms with Crippen LogP contribution in [0.5, 0.6) is 0 Å². The number of hydrogen-bond acceptors (Lipinski definition) is 4. The van der Waals surface area contributed by atoms with Crippen molar-refractivity contribution < 1.29 is 14.4 Å². The van der Waals surface area contributed by atoms with Gasteiger partial charge in [-0.05, 0) is 18.6 Å². The first-order valence-corrected chi connectivity index (χ1v) is 8.82. The van der Waals surface area contributed by atoms with Gasteiger partial charge in [0.2, 0.25) is 5.91 Å². The number of piperazine rings is 1. The number of hydrogen-bond donors (Lipinski definition) is 1. The average molecular weight is 346 g/mol. The van der Waals surface area contributed by atoms with Crippen molar-refractivity contribution in [2.24, 2.45) is 0 Å². The van der Waals surface area contributed by atoms with E-state index in [0.717, 1.165) is 19.3 Å². The summed E-state index contributed by atoms with van der Waals surface area (Å²) in [6.45, 7) is 6.33. The van der Waals surface area contributed by atoms with E-state index in [2.05, 4.69) is 17.2 Å². The first-order valence-electron chi connectivity index (χ1n) is 8.82. The summed E-state index contributed by atoms with van der Waals surface area (Å²) in [5.41, 5.74) is 0.703. The maximum atomic E-state index is 12.6. The lowest BCUT2D eigenvalue weighted by molar-refractivity contribution is -0.130. The van der Waals surface area contributed by atoms with Crippen molar-refractivity contribution in [3.63, 3.8) is 0 Å². The molecule has 1 saturated heterocycles. The highest BCUT2D eigenvalue weighted by Crippen LogP contribution is 2.10. The second kappa shape index (κ2) is 9.15. The Kier molecular flexibility index (Phi) is 6.91. The zero-order chi connectivity index (χ0) is 18.2. The van der Waals surface area contributed by atoms with Gasteiger partial charge >= 0.3 is 0 Å². The third-order valence-electron chi connectivity index (χ3n) is 4.32. The van der Waals surface area contributed by atoms with Gasteiger partial charge in [-0.15, -0.1) is 0 Å². The van der Waals surface area contributed by atoms with Gasteiger partial charge in [0.1, 0.15) is 5.69 Å². The summed E-state index contributed by atoms with van der Waals surface area (Å²) in [5.74, 6) is -0.365. The fourth-order valence-corrected chi connectivity index (χ4v) is 2.76. The van der Waals surface area contributed by atoms with Crippen LogP contribution in [0.2, 0.25) is 0 Å². The lowest BCUT2D eigenvalue weighted by Gasteiger charge is -2.34. The number of nitrogens with zero attached hydrogens (tertiary/aromatic N) is 3. The molecule has 2 rings (SSSR count). The number of pyridine rings is 1. The average Bonchev–Trinajstić information content (AvgIpc) is 2.64. The van der Waals surface area contributed by atoms with Gasteiger partial charge in [-0.3, -0.25) is 19.4 Å². The highest BCUT2D eigenvalue weighted by atomic mass is 16.2. The van der Waals surface area contributed by atoms with Crippen LogP contribution in [-0.4, -0.2) is 65.2 Å². The fourth-order valence-electron chi connectivity index (χ4n) is 2.76. The summed E-state index contributed by atoms with van der Waals surface area (Å²) >= 11 is 0. The van der Waals surface area contributed by atoms with Gasteiger partial charge in [0, 0.05) is 51.4 Å². The normalized spacial score (nSPS) is 14.3. The minimum absolute atomic E-state index is 0.0260. The highest BCUT2D eigenvalue weighted by molar-refractivity contribution is 5.98. The predicted molar refractivity (Wildman–Crippen MR) is 94.3 cm³/mol. The molecule has 0 atom stereocenters. The Morgan fingerprint density at radius 1 is 1.12 bits per heavy atom. The third kappa shape index (κ3) is 5.27. The lowest BCUT2D eigenvalue weighted by atomic mass is 10.1. The summed E-state index contributed by atoms with van der Waals surface area (Å²) in [4.78, 5) is 43.6. The van der Waals surface area contributed by atoms with E-state index in [-0.39, 0.29) is 23.4 Å². The van der Waals surface area contributed by atoms with E-state index in [4.69, 9.17) is 0 Å². The molecule has 0 aliphatic carbocycles. The van der Waals surface area contributed by atoms with Crippen LogP contribution in [0.25, 0.3) is 0 Å². The molecule has 7 heteroatoms. The van der Waals surface area contributed by atoms with E-state index in [1.165, 1.54) is 19.2 Å². The van der Waals surface area contributed by atoms with Crippen LogP contribution >= 0.6 is 0 Å². The van der Waals surface area contributed by atoms with Crippen molar-refractivity contribution in [2.75, 3.05) is 32.7 Å². The summed E-state index contributed by atoms with van der Waals surface area (Å²) < 4.78 is 0. The van der Waals surface area contributed by atoms with E-state index >= 15 is 0 Å². The molecule has 7 nitrogen and oxygen atoms in total. The second-order valence-electron chi connectivity index (χ2n) is 6.19. The smallest absolute Gasteiger partial charge is 0.269 e. The molecule has 1 fully saturated rings. The predicted octanol–water partition coefficient (Wildman–Crippen LogP) is 1.31. The van der Waals surface area contributed by atoms with Gasteiger partial charge in [-0.25, -0.2) is 0 Å². The highest BCUT2D eigenvalue weighted by Gasteiger charge is 2.23. The van der Waals surface area contributed by atoms with E-state index in [0.29, 0.717) is 38.3 Å². The molecule has 1 aliphatic rings. The monoisotopic (exact) mass is 346 g/mol. The standard InChI is InChI=1S/C18H26N4O3/c1-3-4-5-7-20-17(24)16-13-15(6-8-19-16)18(25)22-11-9-21(10-12-22)14(2)23/h6,8,13H,3-5,7,9-12H2,1-2H3,(H,20,24). The molecule has 3 amide bonds. The van der Waals surface area contributed by atoms with Crippen molar-refractivity contribution in [1.82, 2.24) is 20.1 Å². The molecule has 0 aromatic carbocycles. The SMILES string of the molecule is CCCCCNC(=O)c1cc(C(=O)N2CCN(C(C)=O)CC2)ccn1. The van der Waals surface area contributed by atoms with Crippen LogP contribution in [0.15, 0.2) is 18.3 Å². The summed E-state index contributed by atoms with van der Waals surface area (Å²) in [7, 11) is 0. The zero-order valence-corrected chi connectivity index (χ0v) is 15.0. The van der Waals surface area contributed by atoms with Crippen molar-refractivity contribution >= 4 is 17.7 Å². The topological polar surface area (TPSA) is 82.6 Å². The van der Waals surface area contributed by atoms with E-state index in [1.807, 2.05) is 0 Å². The lowest BCUT2D eigenvalue weighted by Crippen LogP contribution is -2.50. The molecule has 25 heavy (non-hydrogen) atoms. The van der Waals surface area contributed by atoms with Gasteiger partial charge in [-0.2, -0.15) is 0 Å². The Balaban J connectivity index is 1.95. The number of carbonyl (C=O) groups excluding carboxylic acids is 3. The molecular formula is C18H26N4O3. The maximum absolute atomic E-state index is 12.6. The Labute approximate surface area is 148 Å². The molecule has 0 bridgehead atoms. The maximum Gasteiger partial charge on any atom is 0.269 e. The number of amides is 3. The summed E-state index contributed by atoms with van der Waals surface area (Å²) in [6, 6.07) is 3.16. The minimum Gasteiger partial charge on any atom is -0.351 e. The molecule has 1 N–H and O–H groups in total. The minimum atomic E-state index is -0.257. The second-order valence-corrected chi connectivity index (χ2v) is 6.19. The molecule has 2 heterocycles. The molecule has 0 spiro atoms. The van der Waals surface area contributed by atoms with Crippen molar-refractivity contribution in [3.05, 3.63) is 29.6 Å². The molecule has 0 unspecified atom stereocenters. The molecule has 0 radical (unpaired) electrons. The van der Waals surface area contributed by atoms with Crippen LogP contribution in [0.1, 0.15) is 54.0 Å². The van der Waals surface area contributed by atoms with Crippen LogP contribution in [0, 0.1) is 0 Å². The van der Waals surface area contributed by atoms with Crippen LogP contribution in [-0.2, 0) is 4.79 Å². The quantitative estimate of drug-likeness (QED) is 0.787. The Hall–Kier alpha value is -2.44. The van der Waals surface area contributed by atoms with Crippen molar-refractivity contribution in [1.29, 1.82) is 0 Å². The van der Waals surface area contributed by atoms with Gasteiger partial charge in [0.25, 0.3) is 11.8 Å². The number of carbonyl (C=O) groups is 3. The number of aromatic nitrogens is 1. The number of unbranched alkanes of at least 4 members (excludes halogenated alkanes) is 2. The largest absolute Gasteiger partial charge is 0.351 e. The van der Waals surface area contributed by atoms with Crippen molar-refractivity contribution in [3.8, 4) is 0 Å². The van der Waals surface area contributed by atoms with Crippen LogP contribution < -0.4 is 5.32 Å². The van der Waals surface area contributed by atoms with Gasteiger partial charge in [0.15, 0.2) is 0 Å². The molecular weight excluding hydrogens is 320 g/mol. The molecule has 0 saturated carbocycles. The molecule has 1 aromatic heterocycles. The van der Waals surface area contributed by atoms with Crippen molar-refractivity contribution in [2.45, 2.75) is 33.1 Å². The zero-order valence-electron chi connectivity index (χ0n) is 15.0. The van der Waals surface area contributed by atoms with Gasteiger partial charge < -0.3 is 15.1 Å². The number of rotatable bonds is 6.